The van der Waals surface area contributed by atoms with Gasteiger partial charge in [-0.3, -0.25) is 0 Å². The van der Waals surface area contributed by atoms with E-state index in [1.54, 1.807) is 25.3 Å². The van der Waals surface area contributed by atoms with E-state index < -0.39 is 6.04 Å². The van der Waals surface area contributed by atoms with E-state index in [1.807, 2.05) is 24.3 Å². The molecule has 1 aliphatic rings. The molecule has 1 saturated carbocycles. The van der Waals surface area contributed by atoms with Crippen LogP contribution in [0, 0.1) is 11.3 Å². The van der Waals surface area contributed by atoms with Gasteiger partial charge in [-0.1, -0.05) is 12.1 Å². The normalized spacial score (nSPS) is 19.2. The molecule has 0 aliphatic heterocycles. The predicted octanol–water partition coefficient (Wildman–Crippen LogP) is 3.33. The van der Waals surface area contributed by atoms with E-state index in [9.17, 15) is 9.90 Å². The van der Waals surface area contributed by atoms with Gasteiger partial charge in [0.05, 0.1) is 41.9 Å². The molecule has 2 aromatic carbocycles. The number of carbonyl (C=O) groups excluding carboxylic acids is 1. The third-order valence-corrected chi connectivity index (χ3v) is 5.90. The topological polar surface area (TPSA) is 123 Å². The number of fused-ring (bicyclic) bond motifs is 1. The fourth-order valence-electron chi connectivity index (χ4n) is 4.08. The number of rotatable bonds is 6. The maximum absolute atomic E-state index is 12.8. The SMILES string of the molecule is COc1ccc(C[C@@H](NC(=O)N[C@H]2CC[C@H](O)CC2)c2nc3ccc(C#N)cc3[nH]2)cc1. The number of aliphatic hydroxyl groups is 1. The minimum Gasteiger partial charge on any atom is -0.497 e. The van der Waals surface area contributed by atoms with E-state index in [0.29, 0.717) is 30.7 Å². The highest BCUT2D eigenvalue weighted by atomic mass is 16.5. The number of amides is 2. The van der Waals surface area contributed by atoms with E-state index in [0.717, 1.165) is 35.2 Å². The average Bonchev–Trinajstić information content (AvgIpc) is 3.24. The smallest absolute Gasteiger partial charge is 0.315 e. The second-order valence-corrected chi connectivity index (χ2v) is 8.19. The van der Waals surface area contributed by atoms with Crippen LogP contribution in [-0.4, -0.2) is 40.4 Å². The van der Waals surface area contributed by atoms with Gasteiger partial charge in [-0.25, -0.2) is 9.78 Å². The lowest BCUT2D eigenvalue weighted by Crippen LogP contribution is -2.45. The van der Waals surface area contributed by atoms with Crippen molar-refractivity contribution in [3.8, 4) is 11.8 Å². The lowest BCUT2D eigenvalue weighted by atomic mass is 9.93. The number of H-pyrrole nitrogens is 1. The lowest BCUT2D eigenvalue weighted by molar-refractivity contribution is 0.117. The first-order valence-electron chi connectivity index (χ1n) is 10.8. The summed E-state index contributed by atoms with van der Waals surface area (Å²) in [6, 6.07) is 14.5. The van der Waals surface area contributed by atoms with Gasteiger partial charge in [0, 0.05) is 6.04 Å². The van der Waals surface area contributed by atoms with Gasteiger partial charge in [0.15, 0.2) is 0 Å². The highest BCUT2D eigenvalue weighted by Crippen LogP contribution is 2.23. The van der Waals surface area contributed by atoms with Crippen LogP contribution >= 0.6 is 0 Å². The van der Waals surface area contributed by atoms with Crippen LogP contribution in [0.25, 0.3) is 11.0 Å². The van der Waals surface area contributed by atoms with Crippen LogP contribution in [0.4, 0.5) is 4.79 Å². The zero-order chi connectivity index (χ0) is 22.5. The van der Waals surface area contributed by atoms with Gasteiger partial charge in [0.2, 0.25) is 0 Å². The van der Waals surface area contributed by atoms with Gasteiger partial charge in [-0.05, 0) is 68.0 Å². The monoisotopic (exact) mass is 433 g/mol. The van der Waals surface area contributed by atoms with Gasteiger partial charge in [-0.15, -0.1) is 0 Å². The number of aromatic amines is 1. The Bertz CT molecular complexity index is 1110. The van der Waals surface area contributed by atoms with Crippen LogP contribution in [0.1, 0.15) is 48.7 Å². The molecule has 1 atom stereocenters. The van der Waals surface area contributed by atoms with E-state index in [1.165, 1.54) is 0 Å². The maximum atomic E-state index is 12.8. The Morgan fingerprint density at radius 1 is 1.25 bits per heavy atom. The van der Waals surface area contributed by atoms with Crippen molar-refractivity contribution < 1.29 is 14.6 Å². The summed E-state index contributed by atoms with van der Waals surface area (Å²) in [5.41, 5.74) is 3.06. The van der Waals surface area contributed by atoms with Gasteiger partial charge in [0.1, 0.15) is 11.6 Å². The van der Waals surface area contributed by atoms with Crippen molar-refractivity contribution in [2.45, 2.75) is 50.3 Å². The molecular formula is C24H27N5O3. The summed E-state index contributed by atoms with van der Waals surface area (Å²) < 4.78 is 5.23. The second-order valence-electron chi connectivity index (χ2n) is 8.19. The minimum atomic E-state index is -0.393. The summed E-state index contributed by atoms with van der Waals surface area (Å²) in [7, 11) is 1.62. The van der Waals surface area contributed by atoms with Gasteiger partial charge in [0.25, 0.3) is 0 Å². The predicted molar refractivity (Wildman–Crippen MR) is 120 cm³/mol. The fourth-order valence-corrected chi connectivity index (χ4v) is 4.08. The third-order valence-electron chi connectivity index (χ3n) is 5.90. The highest BCUT2D eigenvalue weighted by Gasteiger charge is 2.24. The van der Waals surface area contributed by atoms with Crippen molar-refractivity contribution in [1.82, 2.24) is 20.6 Å². The molecule has 8 heteroatoms. The zero-order valence-corrected chi connectivity index (χ0v) is 18.0. The molecule has 2 amide bonds. The molecule has 8 nitrogen and oxygen atoms in total. The van der Waals surface area contributed by atoms with Crippen molar-refractivity contribution in [3.63, 3.8) is 0 Å². The number of benzene rings is 2. The van der Waals surface area contributed by atoms with Crippen molar-refractivity contribution in [3.05, 3.63) is 59.4 Å². The number of methoxy groups -OCH3 is 1. The number of aliphatic hydroxyl groups excluding tert-OH is 1. The molecule has 0 spiro atoms. The molecule has 32 heavy (non-hydrogen) atoms. The van der Waals surface area contributed by atoms with Crippen LogP contribution in [0.5, 0.6) is 5.75 Å². The number of urea groups is 1. The minimum absolute atomic E-state index is 0.0499. The molecule has 4 rings (SSSR count). The Morgan fingerprint density at radius 2 is 2.00 bits per heavy atom. The number of nitrogens with one attached hydrogen (secondary N) is 3. The van der Waals surface area contributed by atoms with E-state index in [2.05, 4.69) is 26.7 Å². The Labute approximate surface area is 186 Å². The second kappa shape index (κ2) is 9.71. The van der Waals surface area contributed by atoms with E-state index in [-0.39, 0.29) is 18.2 Å². The largest absolute Gasteiger partial charge is 0.497 e. The molecule has 1 heterocycles. The molecule has 4 N–H and O–H groups in total. The number of imidazole rings is 1. The third kappa shape index (κ3) is 5.18. The fraction of sp³-hybridized carbons (Fsp3) is 0.375. The Kier molecular flexibility index (Phi) is 6.57. The maximum Gasteiger partial charge on any atom is 0.315 e. The van der Waals surface area contributed by atoms with Crippen molar-refractivity contribution >= 4 is 17.1 Å². The highest BCUT2D eigenvalue weighted by molar-refractivity contribution is 5.78. The molecule has 0 radical (unpaired) electrons. The van der Waals surface area contributed by atoms with Crippen LogP contribution in [0.2, 0.25) is 0 Å². The van der Waals surface area contributed by atoms with Crippen molar-refractivity contribution in [1.29, 1.82) is 5.26 Å². The quantitative estimate of drug-likeness (QED) is 0.475. The molecular weight excluding hydrogens is 406 g/mol. The van der Waals surface area contributed by atoms with Gasteiger partial charge in [-0.2, -0.15) is 5.26 Å². The van der Waals surface area contributed by atoms with Gasteiger partial charge < -0.3 is 25.5 Å². The number of hydrogen-bond acceptors (Lipinski definition) is 5. The van der Waals surface area contributed by atoms with Crippen molar-refractivity contribution in [2.75, 3.05) is 7.11 Å². The molecule has 0 unspecified atom stereocenters. The molecule has 0 bridgehead atoms. The van der Waals surface area contributed by atoms with Crippen LogP contribution in [0.15, 0.2) is 42.5 Å². The molecule has 3 aromatic rings. The summed E-state index contributed by atoms with van der Waals surface area (Å²) in [5, 5.41) is 24.9. The number of hydrogen-bond donors (Lipinski definition) is 4. The van der Waals surface area contributed by atoms with E-state index in [4.69, 9.17) is 10.00 Å². The summed E-state index contributed by atoms with van der Waals surface area (Å²) in [5.74, 6) is 1.39. The number of aromatic nitrogens is 2. The first-order valence-corrected chi connectivity index (χ1v) is 10.8. The standard InChI is InChI=1S/C24H27N5O3/c1-32-19-9-2-15(3-10-19)12-22(29-24(31)26-17-5-7-18(30)8-6-17)23-27-20-11-4-16(14-25)13-21(20)28-23/h2-4,9-11,13,17-18,22,30H,5-8,12H2,1H3,(H,27,28)(H2,26,29,31)/t17-,18-,22-/m1/s1. The summed E-state index contributed by atoms with van der Waals surface area (Å²) >= 11 is 0. The van der Waals surface area contributed by atoms with Crippen LogP contribution in [0.3, 0.4) is 0 Å². The molecule has 1 fully saturated rings. The number of nitriles is 1. The van der Waals surface area contributed by atoms with Crippen LogP contribution in [-0.2, 0) is 6.42 Å². The lowest BCUT2D eigenvalue weighted by Gasteiger charge is -2.27. The summed E-state index contributed by atoms with van der Waals surface area (Å²) in [4.78, 5) is 20.7. The first-order chi connectivity index (χ1) is 15.5. The van der Waals surface area contributed by atoms with Gasteiger partial charge >= 0.3 is 6.03 Å². The molecule has 0 saturated heterocycles. The van der Waals surface area contributed by atoms with E-state index >= 15 is 0 Å². The Morgan fingerprint density at radius 3 is 2.69 bits per heavy atom. The Balaban J connectivity index is 1.54. The zero-order valence-electron chi connectivity index (χ0n) is 18.0. The first kappa shape index (κ1) is 21.7. The summed E-state index contributed by atoms with van der Waals surface area (Å²) in [6.07, 6.45) is 3.19. The molecule has 166 valence electrons. The molecule has 1 aromatic heterocycles. The van der Waals surface area contributed by atoms with Crippen molar-refractivity contribution in [2.24, 2.45) is 0 Å². The molecule has 1 aliphatic carbocycles. The number of carbonyl (C=O) groups is 1. The number of ether oxygens (including phenoxy) is 1. The van der Waals surface area contributed by atoms with Crippen LogP contribution < -0.4 is 15.4 Å². The summed E-state index contributed by atoms with van der Waals surface area (Å²) in [6.45, 7) is 0. The Hall–Kier alpha value is -3.57. The number of nitrogens with zero attached hydrogens (tertiary/aromatic N) is 2. The average molecular weight is 434 g/mol.